The van der Waals surface area contributed by atoms with Gasteiger partial charge in [0.05, 0.1) is 0 Å². The Morgan fingerprint density at radius 2 is 2.00 bits per heavy atom. The minimum atomic E-state index is 0.119. The van der Waals surface area contributed by atoms with Crippen LogP contribution in [0.1, 0.15) is 18.1 Å². The first-order valence-corrected chi connectivity index (χ1v) is 5.07. The van der Waals surface area contributed by atoms with Crippen molar-refractivity contribution in [1.29, 1.82) is 0 Å². The molecule has 0 N–H and O–H groups in total. The van der Waals surface area contributed by atoms with Crippen molar-refractivity contribution < 1.29 is 0 Å². The summed E-state index contributed by atoms with van der Waals surface area (Å²) in [7, 11) is 2.16. The monoisotopic (exact) mass is 187 g/mol. The highest BCUT2D eigenvalue weighted by atomic mass is 15.2. The van der Waals surface area contributed by atoms with Crippen molar-refractivity contribution in [1.82, 2.24) is 4.90 Å². The Bertz CT molecular complexity index is 356. The van der Waals surface area contributed by atoms with E-state index in [4.69, 9.17) is 0 Å². The number of nitrogens with zero attached hydrogens (tertiary/aromatic N) is 1. The standard InChI is InChI=1S/C13H17N/c1-4-13(2)9-11-7-5-6-8-12(11)10-14(13)3/h4-8H,1,9-10H2,2-3H3. The predicted octanol–water partition coefficient (Wildman–Crippen LogP) is 2.62. The summed E-state index contributed by atoms with van der Waals surface area (Å²) in [6.07, 6.45) is 3.13. The minimum absolute atomic E-state index is 0.119. The van der Waals surface area contributed by atoms with Gasteiger partial charge in [-0.3, -0.25) is 4.90 Å². The molecule has 1 heterocycles. The maximum Gasteiger partial charge on any atom is 0.0401 e. The Kier molecular flexibility index (Phi) is 2.20. The zero-order valence-electron chi connectivity index (χ0n) is 8.96. The van der Waals surface area contributed by atoms with Crippen LogP contribution in [0.4, 0.5) is 0 Å². The van der Waals surface area contributed by atoms with Gasteiger partial charge in [0.15, 0.2) is 0 Å². The molecule has 2 rings (SSSR count). The first kappa shape index (κ1) is 9.47. The second-order valence-electron chi connectivity index (χ2n) is 4.36. The third-order valence-corrected chi connectivity index (χ3v) is 3.39. The largest absolute Gasteiger partial charge is 0.293 e. The Morgan fingerprint density at radius 3 is 2.64 bits per heavy atom. The van der Waals surface area contributed by atoms with Crippen LogP contribution in [0.5, 0.6) is 0 Å². The van der Waals surface area contributed by atoms with E-state index in [2.05, 4.69) is 55.8 Å². The van der Waals surface area contributed by atoms with E-state index in [0.717, 1.165) is 13.0 Å². The number of hydrogen-bond donors (Lipinski definition) is 0. The summed E-state index contributed by atoms with van der Waals surface area (Å²) in [5.74, 6) is 0. The molecule has 0 aliphatic carbocycles. The van der Waals surface area contributed by atoms with Gasteiger partial charge in [0.2, 0.25) is 0 Å². The van der Waals surface area contributed by atoms with Crippen molar-refractivity contribution in [3.05, 3.63) is 48.0 Å². The fourth-order valence-electron chi connectivity index (χ4n) is 2.07. The van der Waals surface area contributed by atoms with Crippen molar-refractivity contribution in [2.75, 3.05) is 7.05 Å². The first-order chi connectivity index (χ1) is 6.65. The number of hydrogen-bond acceptors (Lipinski definition) is 1. The molecular weight excluding hydrogens is 170 g/mol. The van der Waals surface area contributed by atoms with E-state index in [1.165, 1.54) is 11.1 Å². The molecule has 1 aromatic rings. The lowest BCUT2D eigenvalue weighted by molar-refractivity contribution is 0.161. The van der Waals surface area contributed by atoms with Crippen molar-refractivity contribution in [3.63, 3.8) is 0 Å². The summed E-state index contributed by atoms with van der Waals surface area (Å²) in [5.41, 5.74) is 3.04. The topological polar surface area (TPSA) is 3.24 Å². The van der Waals surface area contributed by atoms with Gasteiger partial charge in [-0.15, -0.1) is 6.58 Å². The summed E-state index contributed by atoms with van der Waals surface area (Å²) in [5, 5.41) is 0. The van der Waals surface area contributed by atoms with E-state index < -0.39 is 0 Å². The summed E-state index contributed by atoms with van der Waals surface area (Å²) in [6, 6.07) is 8.68. The SMILES string of the molecule is C=CC1(C)Cc2ccccc2CN1C. The van der Waals surface area contributed by atoms with Crippen molar-refractivity contribution in [2.24, 2.45) is 0 Å². The number of fused-ring (bicyclic) bond motifs is 1. The summed E-state index contributed by atoms with van der Waals surface area (Å²) in [6.45, 7) is 7.21. The molecule has 1 atom stereocenters. The molecule has 0 bridgehead atoms. The average Bonchev–Trinajstić information content (AvgIpc) is 2.20. The van der Waals surface area contributed by atoms with Crippen LogP contribution >= 0.6 is 0 Å². The van der Waals surface area contributed by atoms with Crippen molar-refractivity contribution in [2.45, 2.75) is 25.4 Å². The number of benzene rings is 1. The van der Waals surface area contributed by atoms with Crippen LogP contribution < -0.4 is 0 Å². The summed E-state index contributed by atoms with van der Waals surface area (Å²) >= 11 is 0. The molecular formula is C13H17N. The molecule has 0 fully saturated rings. The van der Waals surface area contributed by atoms with Crippen LogP contribution in [0.15, 0.2) is 36.9 Å². The van der Waals surface area contributed by atoms with Crippen LogP contribution in [0.2, 0.25) is 0 Å². The number of likely N-dealkylation sites (N-methyl/N-ethyl adjacent to an activating group) is 1. The van der Waals surface area contributed by atoms with E-state index in [1.54, 1.807) is 0 Å². The van der Waals surface area contributed by atoms with E-state index in [9.17, 15) is 0 Å². The predicted molar refractivity (Wildman–Crippen MR) is 60.2 cm³/mol. The smallest absolute Gasteiger partial charge is 0.0401 e. The Balaban J connectivity index is 2.40. The molecule has 1 unspecified atom stereocenters. The minimum Gasteiger partial charge on any atom is -0.293 e. The molecule has 1 aliphatic rings. The van der Waals surface area contributed by atoms with Gasteiger partial charge in [-0.05, 0) is 31.5 Å². The Morgan fingerprint density at radius 1 is 1.36 bits per heavy atom. The van der Waals surface area contributed by atoms with E-state index in [1.807, 2.05) is 0 Å². The molecule has 74 valence electrons. The van der Waals surface area contributed by atoms with E-state index >= 15 is 0 Å². The molecule has 0 spiro atoms. The molecule has 0 saturated heterocycles. The maximum atomic E-state index is 3.94. The normalized spacial score (nSPS) is 27.0. The van der Waals surface area contributed by atoms with E-state index in [0.29, 0.717) is 0 Å². The fraction of sp³-hybridized carbons (Fsp3) is 0.385. The average molecular weight is 187 g/mol. The quantitative estimate of drug-likeness (QED) is 0.611. The fourth-order valence-corrected chi connectivity index (χ4v) is 2.07. The lowest BCUT2D eigenvalue weighted by Crippen LogP contribution is -2.46. The highest BCUT2D eigenvalue weighted by molar-refractivity contribution is 5.33. The van der Waals surface area contributed by atoms with Crippen molar-refractivity contribution in [3.8, 4) is 0 Å². The second-order valence-corrected chi connectivity index (χ2v) is 4.36. The van der Waals surface area contributed by atoms with Gasteiger partial charge in [0.25, 0.3) is 0 Å². The van der Waals surface area contributed by atoms with Crippen LogP contribution in [0, 0.1) is 0 Å². The lowest BCUT2D eigenvalue weighted by Gasteiger charge is -2.41. The Hall–Kier alpha value is -1.08. The van der Waals surface area contributed by atoms with Gasteiger partial charge < -0.3 is 0 Å². The molecule has 1 heteroatoms. The highest BCUT2D eigenvalue weighted by Crippen LogP contribution is 2.29. The zero-order valence-corrected chi connectivity index (χ0v) is 8.96. The highest BCUT2D eigenvalue weighted by Gasteiger charge is 2.31. The molecule has 1 aromatic carbocycles. The summed E-state index contributed by atoms with van der Waals surface area (Å²) in [4.78, 5) is 2.36. The third-order valence-electron chi connectivity index (χ3n) is 3.39. The second kappa shape index (κ2) is 3.25. The first-order valence-electron chi connectivity index (χ1n) is 5.07. The van der Waals surface area contributed by atoms with Gasteiger partial charge >= 0.3 is 0 Å². The van der Waals surface area contributed by atoms with E-state index in [-0.39, 0.29) is 5.54 Å². The molecule has 14 heavy (non-hydrogen) atoms. The maximum absolute atomic E-state index is 3.94. The van der Waals surface area contributed by atoms with Crippen molar-refractivity contribution >= 4 is 0 Å². The molecule has 1 nitrogen and oxygen atoms in total. The zero-order chi connectivity index (χ0) is 10.2. The summed E-state index contributed by atoms with van der Waals surface area (Å²) < 4.78 is 0. The van der Waals surface area contributed by atoms with Gasteiger partial charge in [0, 0.05) is 12.1 Å². The molecule has 0 amide bonds. The molecule has 1 aliphatic heterocycles. The van der Waals surface area contributed by atoms with Gasteiger partial charge in [-0.25, -0.2) is 0 Å². The van der Waals surface area contributed by atoms with Crippen LogP contribution in [0.3, 0.4) is 0 Å². The van der Waals surface area contributed by atoms with Crippen LogP contribution in [-0.2, 0) is 13.0 Å². The molecule has 0 aromatic heterocycles. The van der Waals surface area contributed by atoms with Crippen LogP contribution in [0.25, 0.3) is 0 Å². The Labute approximate surface area is 86.1 Å². The molecule has 0 radical (unpaired) electrons. The van der Waals surface area contributed by atoms with Gasteiger partial charge in [0.1, 0.15) is 0 Å². The van der Waals surface area contributed by atoms with Crippen LogP contribution in [-0.4, -0.2) is 17.5 Å². The lowest BCUT2D eigenvalue weighted by atomic mass is 9.85. The third kappa shape index (κ3) is 1.38. The molecule has 0 saturated carbocycles. The number of rotatable bonds is 1. The van der Waals surface area contributed by atoms with Gasteiger partial charge in [-0.1, -0.05) is 30.3 Å². The van der Waals surface area contributed by atoms with Gasteiger partial charge in [-0.2, -0.15) is 0 Å².